The summed E-state index contributed by atoms with van der Waals surface area (Å²) in [6.45, 7) is 9.20. The van der Waals surface area contributed by atoms with Gasteiger partial charge in [0.05, 0.1) is 0 Å². The van der Waals surface area contributed by atoms with E-state index >= 15 is 0 Å². The molecule has 0 spiro atoms. The topological polar surface area (TPSA) is 0 Å². The molecule has 15 heavy (non-hydrogen) atoms. The molecule has 0 aromatic rings. The Bertz CT molecular complexity index is 417. The Balaban J connectivity index is 2.18. The van der Waals surface area contributed by atoms with E-state index < -0.39 is 22.9 Å². The summed E-state index contributed by atoms with van der Waals surface area (Å²) >= 11 is -0.734. The summed E-state index contributed by atoms with van der Waals surface area (Å²) < 4.78 is 3.52. The fraction of sp³-hybridized carbons (Fsp3) is 0.429. The van der Waals surface area contributed by atoms with Gasteiger partial charge in [-0.15, -0.1) is 0 Å². The van der Waals surface area contributed by atoms with Crippen LogP contribution in [0.5, 0.6) is 0 Å². The molecule has 0 aromatic heterocycles. The van der Waals surface area contributed by atoms with Gasteiger partial charge in [0, 0.05) is 0 Å². The second kappa shape index (κ2) is 4.37. The van der Waals surface area contributed by atoms with E-state index in [9.17, 15) is 0 Å². The van der Waals surface area contributed by atoms with Crippen molar-refractivity contribution in [1.82, 2.24) is 0 Å². The molecule has 78 valence electrons. The van der Waals surface area contributed by atoms with Crippen LogP contribution in [0.25, 0.3) is 0 Å². The van der Waals surface area contributed by atoms with Gasteiger partial charge in [-0.2, -0.15) is 0 Å². The normalized spacial score (nSPS) is 21.1. The van der Waals surface area contributed by atoms with Gasteiger partial charge in [0.15, 0.2) is 0 Å². The number of hydrogen-bond donors (Lipinski definition) is 0. The molecule has 1 heteroatoms. The Morgan fingerprint density at radius 2 is 1.60 bits per heavy atom. The van der Waals surface area contributed by atoms with Gasteiger partial charge in [-0.1, -0.05) is 0 Å². The molecule has 0 N–H and O–H groups in total. The second-order valence-corrected chi connectivity index (χ2v) is 9.23. The molecule has 0 amide bonds. The molecule has 0 bridgehead atoms. The Hall–Kier alpha value is -0.170. The molecule has 0 saturated carbocycles. The van der Waals surface area contributed by atoms with Crippen molar-refractivity contribution in [2.24, 2.45) is 0 Å². The molecule has 0 aromatic carbocycles. The van der Waals surface area contributed by atoms with Gasteiger partial charge in [0.1, 0.15) is 0 Å². The van der Waals surface area contributed by atoms with E-state index in [1.54, 1.807) is 29.0 Å². The van der Waals surface area contributed by atoms with E-state index in [0.717, 1.165) is 0 Å². The molecular weight excluding hydrogens is 347 g/mol. The quantitative estimate of drug-likeness (QED) is 0.640. The van der Waals surface area contributed by atoms with Gasteiger partial charge >= 0.3 is 105 Å². The summed E-state index contributed by atoms with van der Waals surface area (Å²) in [6, 6.07) is 0. The third kappa shape index (κ3) is 2.18. The van der Waals surface area contributed by atoms with Crippen LogP contribution >= 0.6 is 0 Å². The predicted octanol–water partition coefficient (Wildman–Crippen LogP) is 4.32. The van der Waals surface area contributed by atoms with E-state index in [0.29, 0.717) is 0 Å². The molecule has 0 aliphatic heterocycles. The zero-order chi connectivity index (χ0) is 11.0. The van der Waals surface area contributed by atoms with Crippen LogP contribution in [-0.2, 0) is 22.9 Å². The molecule has 0 nitrogen and oxygen atoms in total. The molecule has 0 atom stereocenters. The molecule has 2 aliphatic carbocycles. The second-order valence-electron chi connectivity index (χ2n) is 4.60. The van der Waals surface area contributed by atoms with E-state index in [1.165, 1.54) is 12.8 Å². The first-order valence-corrected chi connectivity index (χ1v) is 9.19. The summed E-state index contributed by atoms with van der Waals surface area (Å²) in [5, 5.41) is 0. The van der Waals surface area contributed by atoms with Gasteiger partial charge in [-0.3, -0.25) is 0 Å². The molecular formula is C14H18Hf. The fourth-order valence-corrected chi connectivity index (χ4v) is 7.47. The maximum absolute atomic E-state index is 2.49. The van der Waals surface area contributed by atoms with Crippen molar-refractivity contribution in [2.75, 3.05) is 0 Å². The van der Waals surface area contributed by atoms with Gasteiger partial charge in [-0.25, -0.2) is 0 Å². The van der Waals surface area contributed by atoms with Crippen molar-refractivity contribution in [3.05, 3.63) is 41.1 Å². The monoisotopic (exact) mass is 366 g/mol. The van der Waals surface area contributed by atoms with Crippen molar-refractivity contribution in [1.29, 1.82) is 0 Å². The van der Waals surface area contributed by atoms with E-state index in [1.807, 2.05) is 0 Å². The molecule has 0 heterocycles. The summed E-state index contributed by atoms with van der Waals surface area (Å²) in [4.78, 5) is 0. The Morgan fingerprint density at radius 1 is 0.933 bits per heavy atom. The third-order valence-electron chi connectivity index (χ3n) is 3.45. The number of hydrogen-bond acceptors (Lipinski definition) is 0. The van der Waals surface area contributed by atoms with Gasteiger partial charge in [-0.05, 0) is 0 Å². The zero-order valence-corrected chi connectivity index (χ0v) is 13.7. The van der Waals surface area contributed by atoms with Crippen LogP contribution in [0, 0.1) is 0 Å². The van der Waals surface area contributed by atoms with Gasteiger partial charge in [0.2, 0.25) is 0 Å². The fourth-order valence-electron chi connectivity index (χ4n) is 2.12. The first-order valence-electron chi connectivity index (χ1n) is 5.60. The SMILES string of the molecule is CC1=CCC(C)=[C]1[Hf][C]1=CCC(C)=C1C. The van der Waals surface area contributed by atoms with E-state index in [4.69, 9.17) is 0 Å². The van der Waals surface area contributed by atoms with Crippen LogP contribution in [0.3, 0.4) is 0 Å². The number of allylic oxidation sites excluding steroid dienone is 8. The molecule has 0 radical (unpaired) electrons. The molecule has 0 fully saturated rings. The number of rotatable bonds is 2. The summed E-state index contributed by atoms with van der Waals surface area (Å²) in [5.74, 6) is 0. The van der Waals surface area contributed by atoms with Gasteiger partial charge in [0.25, 0.3) is 0 Å². The van der Waals surface area contributed by atoms with Crippen LogP contribution in [0.4, 0.5) is 0 Å². The Morgan fingerprint density at radius 3 is 2.07 bits per heavy atom. The summed E-state index contributed by atoms with van der Waals surface area (Å²) in [5.41, 5.74) is 6.43. The first-order chi connectivity index (χ1) is 7.09. The average molecular weight is 365 g/mol. The minimum absolute atomic E-state index is 0.734. The minimum atomic E-state index is -0.734. The van der Waals surface area contributed by atoms with Crippen LogP contribution in [0.2, 0.25) is 0 Å². The maximum atomic E-state index is 2.49. The predicted molar refractivity (Wildman–Crippen MR) is 62.1 cm³/mol. The average Bonchev–Trinajstić information content (AvgIpc) is 2.68. The Kier molecular flexibility index (Phi) is 3.30. The molecule has 0 saturated heterocycles. The van der Waals surface area contributed by atoms with Crippen molar-refractivity contribution in [3.8, 4) is 0 Å². The van der Waals surface area contributed by atoms with Crippen LogP contribution < -0.4 is 0 Å². The van der Waals surface area contributed by atoms with E-state index in [-0.39, 0.29) is 0 Å². The van der Waals surface area contributed by atoms with Crippen LogP contribution in [0.15, 0.2) is 41.1 Å². The Labute approximate surface area is 104 Å². The summed E-state index contributed by atoms with van der Waals surface area (Å²) in [7, 11) is 0. The summed E-state index contributed by atoms with van der Waals surface area (Å²) in [6.07, 6.45) is 7.31. The van der Waals surface area contributed by atoms with Crippen molar-refractivity contribution in [3.63, 3.8) is 0 Å². The third-order valence-corrected chi connectivity index (χ3v) is 10.3. The van der Waals surface area contributed by atoms with Crippen molar-refractivity contribution in [2.45, 2.75) is 40.5 Å². The van der Waals surface area contributed by atoms with Gasteiger partial charge < -0.3 is 0 Å². The van der Waals surface area contributed by atoms with Crippen molar-refractivity contribution >= 4 is 0 Å². The molecule has 2 aliphatic rings. The van der Waals surface area contributed by atoms with Crippen LogP contribution in [0.1, 0.15) is 40.5 Å². The standard InChI is InChI=1S/2C7H9.Hf/c1-6-3-4-7(2)5-6;1-6-4-3-5-7(6)2;/h2*3H,4H2,1-2H3;. The van der Waals surface area contributed by atoms with Crippen molar-refractivity contribution < 1.29 is 22.9 Å². The zero-order valence-electron chi connectivity index (χ0n) is 10.1. The van der Waals surface area contributed by atoms with E-state index in [2.05, 4.69) is 39.8 Å². The molecule has 0 unspecified atom stereocenters. The molecule has 2 rings (SSSR count). The first kappa shape index (κ1) is 11.3. The van der Waals surface area contributed by atoms with Crippen LogP contribution in [-0.4, -0.2) is 0 Å².